The van der Waals surface area contributed by atoms with Crippen molar-refractivity contribution in [1.29, 1.82) is 0 Å². The Balaban J connectivity index is 1.27. The minimum atomic E-state index is -0.206. The highest BCUT2D eigenvalue weighted by Gasteiger charge is 2.13. The van der Waals surface area contributed by atoms with E-state index in [1.807, 2.05) is 44.2 Å². The molecule has 37 heavy (non-hydrogen) atoms. The number of amides is 1. The van der Waals surface area contributed by atoms with Crippen LogP contribution in [-0.2, 0) is 6.42 Å². The topological polar surface area (TPSA) is 75.1 Å². The minimum Gasteiger partial charge on any atom is -0.456 e. The van der Waals surface area contributed by atoms with Gasteiger partial charge in [-0.05, 0) is 67.3 Å². The molecule has 1 amide bonds. The largest absolute Gasteiger partial charge is 0.456 e. The van der Waals surface area contributed by atoms with E-state index < -0.39 is 0 Å². The van der Waals surface area contributed by atoms with Crippen LogP contribution >= 0.6 is 0 Å². The number of hydrogen-bond donors (Lipinski definition) is 2. The van der Waals surface area contributed by atoms with E-state index in [1.165, 1.54) is 17.0 Å². The number of rotatable bonds is 4. The third-order valence-electron chi connectivity index (χ3n) is 6.95. The quantitative estimate of drug-likeness (QED) is 0.270. The Morgan fingerprint density at radius 3 is 2.49 bits per heavy atom. The van der Waals surface area contributed by atoms with Gasteiger partial charge in [-0.15, -0.1) is 0 Å². The maximum atomic E-state index is 13.0. The minimum absolute atomic E-state index is 0.0803. The van der Waals surface area contributed by atoms with E-state index in [0.29, 0.717) is 22.3 Å². The molecule has 2 heterocycles. The predicted octanol–water partition coefficient (Wildman–Crippen LogP) is 7.53. The van der Waals surface area contributed by atoms with E-state index in [2.05, 4.69) is 35.4 Å². The number of H-pyrrole nitrogens is 1. The van der Waals surface area contributed by atoms with Crippen molar-refractivity contribution >= 4 is 44.4 Å². The molecular weight excluding hydrogens is 460 g/mol. The molecule has 0 radical (unpaired) electrons. The van der Waals surface area contributed by atoms with Gasteiger partial charge in [-0.2, -0.15) is 0 Å². The van der Waals surface area contributed by atoms with E-state index in [4.69, 9.17) is 4.42 Å². The molecule has 0 aliphatic carbocycles. The zero-order valence-electron chi connectivity index (χ0n) is 20.9. The van der Waals surface area contributed by atoms with Crippen molar-refractivity contribution in [3.05, 3.63) is 111 Å². The van der Waals surface area contributed by atoms with Crippen molar-refractivity contribution in [2.24, 2.45) is 0 Å². The SMILES string of the molecule is CCc1cccc2c1[nH]c1cc(NC(=O)c3ccc(-c4cc(=O)c5cc(C)cc(C)c5o4)cc3)ccc12. The molecular formula is C32H26N2O3. The number of aromatic nitrogens is 1. The summed E-state index contributed by atoms with van der Waals surface area (Å²) in [7, 11) is 0. The van der Waals surface area contributed by atoms with Crippen LogP contribution in [0.3, 0.4) is 0 Å². The van der Waals surface area contributed by atoms with Gasteiger partial charge >= 0.3 is 0 Å². The maximum absolute atomic E-state index is 13.0. The predicted molar refractivity (Wildman–Crippen MR) is 151 cm³/mol. The third kappa shape index (κ3) is 3.99. The second-order valence-electron chi connectivity index (χ2n) is 9.54. The summed E-state index contributed by atoms with van der Waals surface area (Å²) in [6, 6.07) is 24.7. The number of carbonyl (C=O) groups excluding carboxylic acids is 1. The average molecular weight is 487 g/mol. The molecule has 182 valence electrons. The Morgan fingerprint density at radius 2 is 1.70 bits per heavy atom. The molecule has 0 atom stereocenters. The molecule has 0 aliphatic rings. The first-order valence-corrected chi connectivity index (χ1v) is 12.4. The monoisotopic (exact) mass is 486 g/mol. The lowest BCUT2D eigenvalue weighted by atomic mass is 10.1. The summed E-state index contributed by atoms with van der Waals surface area (Å²) in [5, 5.41) is 5.90. The van der Waals surface area contributed by atoms with Crippen LogP contribution in [0.25, 0.3) is 44.1 Å². The van der Waals surface area contributed by atoms with Gasteiger partial charge in [-0.25, -0.2) is 0 Å². The van der Waals surface area contributed by atoms with Gasteiger partial charge in [0.15, 0.2) is 5.43 Å². The molecule has 2 aromatic heterocycles. The summed E-state index contributed by atoms with van der Waals surface area (Å²) >= 11 is 0. The number of hydrogen-bond acceptors (Lipinski definition) is 3. The molecule has 4 aromatic carbocycles. The lowest BCUT2D eigenvalue weighted by Crippen LogP contribution is -2.11. The summed E-state index contributed by atoms with van der Waals surface area (Å²) in [6.07, 6.45) is 0.950. The number of benzene rings is 4. The van der Waals surface area contributed by atoms with Crippen LogP contribution in [0.2, 0.25) is 0 Å². The smallest absolute Gasteiger partial charge is 0.255 e. The van der Waals surface area contributed by atoms with Crippen molar-refractivity contribution in [2.75, 3.05) is 5.32 Å². The van der Waals surface area contributed by atoms with Crippen LogP contribution in [-0.4, -0.2) is 10.9 Å². The molecule has 5 nitrogen and oxygen atoms in total. The Morgan fingerprint density at radius 1 is 0.892 bits per heavy atom. The molecule has 5 heteroatoms. The van der Waals surface area contributed by atoms with Gasteiger partial charge in [0.25, 0.3) is 5.91 Å². The number of aromatic amines is 1. The Kier molecular flexibility index (Phi) is 5.41. The lowest BCUT2D eigenvalue weighted by molar-refractivity contribution is 0.102. The number of para-hydroxylation sites is 1. The summed E-state index contributed by atoms with van der Waals surface area (Å²) in [5.74, 6) is 0.273. The van der Waals surface area contributed by atoms with Crippen molar-refractivity contribution in [3.63, 3.8) is 0 Å². The summed E-state index contributed by atoms with van der Waals surface area (Å²) < 4.78 is 6.09. The van der Waals surface area contributed by atoms with Gasteiger partial charge in [0.05, 0.1) is 5.39 Å². The highest BCUT2D eigenvalue weighted by atomic mass is 16.3. The first kappa shape index (κ1) is 22.8. The second-order valence-corrected chi connectivity index (χ2v) is 9.54. The number of carbonyl (C=O) groups is 1. The van der Waals surface area contributed by atoms with Crippen molar-refractivity contribution < 1.29 is 9.21 Å². The summed E-state index contributed by atoms with van der Waals surface area (Å²) in [5.41, 5.74) is 7.83. The Bertz CT molecular complexity index is 1890. The maximum Gasteiger partial charge on any atom is 0.255 e. The molecule has 0 aliphatic heterocycles. The first-order valence-electron chi connectivity index (χ1n) is 12.4. The fourth-order valence-electron chi connectivity index (χ4n) is 5.10. The summed E-state index contributed by atoms with van der Waals surface area (Å²) in [4.78, 5) is 29.2. The molecule has 2 N–H and O–H groups in total. The Labute approximate surface area is 213 Å². The highest BCUT2D eigenvalue weighted by Crippen LogP contribution is 2.30. The van der Waals surface area contributed by atoms with Crippen molar-refractivity contribution in [2.45, 2.75) is 27.2 Å². The molecule has 0 saturated carbocycles. The van der Waals surface area contributed by atoms with Crippen LogP contribution < -0.4 is 10.7 Å². The van der Waals surface area contributed by atoms with Gasteiger partial charge in [0.2, 0.25) is 0 Å². The van der Waals surface area contributed by atoms with Crippen LogP contribution in [0.1, 0.15) is 34.0 Å². The fourth-order valence-corrected chi connectivity index (χ4v) is 5.10. The normalized spacial score (nSPS) is 11.4. The van der Waals surface area contributed by atoms with E-state index in [0.717, 1.165) is 45.2 Å². The number of anilines is 1. The number of fused-ring (bicyclic) bond motifs is 4. The molecule has 0 bridgehead atoms. The first-order chi connectivity index (χ1) is 17.9. The van der Waals surface area contributed by atoms with Gasteiger partial charge in [0, 0.05) is 44.7 Å². The average Bonchev–Trinajstić information content (AvgIpc) is 3.27. The van der Waals surface area contributed by atoms with Crippen LogP contribution in [0.5, 0.6) is 0 Å². The standard InChI is InChI=1S/C32H26N2O3/c1-4-20-6-5-7-25-24-13-12-23(16-27(24)34-30(20)25)33-32(36)22-10-8-21(9-11-22)29-17-28(35)26-15-18(2)14-19(3)31(26)37-29/h5-17,34H,4H2,1-3H3,(H,33,36). The van der Waals surface area contributed by atoms with Crippen LogP contribution in [0.4, 0.5) is 5.69 Å². The molecule has 0 unspecified atom stereocenters. The van der Waals surface area contributed by atoms with Gasteiger partial charge < -0.3 is 14.7 Å². The van der Waals surface area contributed by atoms with Gasteiger partial charge in [0.1, 0.15) is 11.3 Å². The van der Waals surface area contributed by atoms with Gasteiger partial charge in [-0.3, -0.25) is 9.59 Å². The van der Waals surface area contributed by atoms with Crippen LogP contribution in [0.15, 0.2) is 88.1 Å². The van der Waals surface area contributed by atoms with E-state index >= 15 is 0 Å². The number of aryl methyl sites for hydroxylation is 3. The second kappa shape index (κ2) is 8.79. The van der Waals surface area contributed by atoms with E-state index in [9.17, 15) is 9.59 Å². The summed E-state index contributed by atoms with van der Waals surface area (Å²) in [6.45, 7) is 6.04. The molecule has 6 aromatic rings. The van der Waals surface area contributed by atoms with Gasteiger partial charge in [-0.1, -0.05) is 49.4 Å². The Hall–Kier alpha value is -4.64. The lowest BCUT2D eigenvalue weighted by Gasteiger charge is -2.08. The highest BCUT2D eigenvalue weighted by molar-refractivity contribution is 6.10. The zero-order chi connectivity index (χ0) is 25.7. The fraction of sp³-hybridized carbons (Fsp3) is 0.125. The van der Waals surface area contributed by atoms with E-state index in [-0.39, 0.29) is 11.3 Å². The van der Waals surface area contributed by atoms with Crippen molar-refractivity contribution in [3.8, 4) is 11.3 Å². The van der Waals surface area contributed by atoms with Crippen molar-refractivity contribution in [1.82, 2.24) is 4.98 Å². The molecule has 6 rings (SSSR count). The molecule has 0 fully saturated rings. The molecule has 0 spiro atoms. The zero-order valence-corrected chi connectivity index (χ0v) is 20.9. The third-order valence-corrected chi connectivity index (χ3v) is 6.95. The molecule has 0 saturated heterocycles. The van der Waals surface area contributed by atoms with E-state index in [1.54, 1.807) is 24.3 Å². The van der Waals surface area contributed by atoms with Crippen LogP contribution in [0, 0.1) is 13.8 Å². The number of nitrogens with one attached hydrogen (secondary N) is 2.